The van der Waals surface area contributed by atoms with Gasteiger partial charge in [-0.15, -0.1) is 0 Å². The number of aromatic nitrogens is 1. The Morgan fingerprint density at radius 1 is 1.24 bits per heavy atom. The van der Waals surface area contributed by atoms with Crippen LogP contribution in [0.25, 0.3) is 0 Å². The molecule has 1 saturated heterocycles. The number of carbonyl (C=O) groups excluding carboxylic acids is 1. The SMILES string of the molecule is CC1CCCC([NH+]2CCN(C(=O)c3ccncc3)CC2)C1. The Morgan fingerprint density at radius 3 is 2.62 bits per heavy atom. The zero-order valence-electron chi connectivity index (χ0n) is 12.9. The second-order valence-electron chi connectivity index (χ2n) is 6.66. The molecule has 2 atom stereocenters. The number of rotatable bonds is 2. The lowest BCUT2D eigenvalue weighted by Gasteiger charge is -2.39. The van der Waals surface area contributed by atoms with Crippen molar-refractivity contribution in [2.24, 2.45) is 5.92 Å². The number of pyridine rings is 1. The van der Waals surface area contributed by atoms with E-state index >= 15 is 0 Å². The Balaban J connectivity index is 1.54. The normalized spacial score (nSPS) is 27.6. The zero-order chi connectivity index (χ0) is 14.7. The number of carbonyl (C=O) groups is 1. The van der Waals surface area contributed by atoms with Gasteiger partial charge in [-0.05, 0) is 30.9 Å². The van der Waals surface area contributed by atoms with Crippen molar-refractivity contribution in [2.75, 3.05) is 26.2 Å². The number of hydrogen-bond acceptors (Lipinski definition) is 2. The molecular weight excluding hydrogens is 262 g/mol. The molecule has 1 N–H and O–H groups in total. The van der Waals surface area contributed by atoms with Crippen molar-refractivity contribution >= 4 is 5.91 Å². The number of hydrogen-bond donors (Lipinski definition) is 1. The van der Waals surface area contributed by atoms with E-state index in [9.17, 15) is 4.79 Å². The van der Waals surface area contributed by atoms with Crippen LogP contribution in [0.2, 0.25) is 0 Å². The van der Waals surface area contributed by atoms with Gasteiger partial charge < -0.3 is 9.80 Å². The Kier molecular flexibility index (Phi) is 4.54. The molecule has 2 unspecified atom stereocenters. The van der Waals surface area contributed by atoms with Gasteiger partial charge in [0.15, 0.2) is 0 Å². The summed E-state index contributed by atoms with van der Waals surface area (Å²) in [5.41, 5.74) is 0.764. The summed E-state index contributed by atoms with van der Waals surface area (Å²) in [6.07, 6.45) is 8.91. The summed E-state index contributed by atoms with van der Waals surface area (Å²) < 4.78 is 0. The molecule has 1 amide bonds. The zero-order valence-corrected chi connectivity index (χ0v) is 12.9. The van der Waals surface area contributed by atoms with Gasteiger partial charge in [-0.2, -0.15) is 0 Å². The average molecular weight is 288 g/mol. The van der Waals surface area contributed by atoms with Gasteiger partial charge in [0.2, 0.25) is 0 Å². The number of quaternary nitrogens is 1. The summed E-state index contributed by atoms with van der Waals surface area (Å²) in [5.74, 6) is 1.04. The molecule has 1 aliphatic carbocycles. The first-order chi connectivity index (χ1) is 10.2. The Labute approximate surface area is 127 Å². The fraction of sp³-hybridized carbons (Fsp3) is 0.647. The first-order valence-electron chi connectivity index (χ1n) is 8.28. The van der Waals surface area contributed by atoms with Crippen molar-refractivity contribution in [3.63, 3.8) is 0 Å². The van der Waals surface area contributed by atoms with E-state index < -0.39 is 0 Å². The summed E-state index contributed by atoms with van der Waals surface area (Å²) in [6, 6.07) is 4.45. The molecule has 2 heterocycles. The molecule has 3 rings (SSSR count). The van der Waals surface area contributed by atoms with E-state index in [4.69, 9.17) is 0 Å². The summed E-state index contributed by atoms with van der Waals surface area (Å²) >= 11 is 0. The second-order valence-corrected chi connectivity index (χ2v) is 6.66. The molecule has 0 spiro atoms. The van der Waals surface area contributed by atoms with Crippen LogP contribution in [0.3, 0.4) is 0 Å². The van der Waals surface area contributed by atoms with Crippen LogP contribution in [-0.2, 0) is 0 Å². The van der Waals surface area contributed by atoms with Gasteiger partial charge in [-0.25, -0.2) is 0 Å². The summed E-state index contributed by atoms with van der Waals surface area (Å²) in [4.78, 5) is 20.1. The third-order valence-electron chi connectivity index (χ3n) is 5.13. The monoisotopic (exact) mass is 288 g/mol. The lowest BCUT2D eigenvalue weighted by Crippen LogP contribution is -3.18. The van der Waals surface area contributed by atoms with Gasteiger partial charge >= 0.3 is 0 Å². The molecule has 2 aliphatic rings. The summed E-state index contributed by atoms with van der Waals surface area (Å²) in [5, 5.41) is 0. The highest BCUT2D eigenvalue weighted by molar-refractivity contribution is 5.94. The largest absolute Gasteiger partial charge is 0.330 e. The Bertz CT molecular complexity index is 468. The maximum absolute atomic E-state index is 12.4. The molecular formula is C17H26N3O+. The molecule has 4 heteroatoms. The van der Waals surface area contributed by atoms with Crippen LogP contribution < -0.4 is 4.90 Å². The minimum absolute atomic E-state index is 0.161. The minimum Gasteiger partial charge on any atom is -0.330 e. The minimum atomic E-state index is 0.161. The summed E-state index contributed by atoms with van der Waals surface area (Å²) in [7, 11) is 0. The second kappa shape index (κ2) is 6.56. The predicted molar refractivity (Wildman–Crippen MR) is 82.3 cm³/mol. The predicted octanol–water partition coefficient (Wildman–Crippen LogP) is 1.00. The van der Waals surface area contributed by atoms with Gasteiger partial charge in [0.05, 0.1) is 32.2 Å². The van der Waals surface area contributed by atoms with E-state index in [1.54, 1.807) is 17.3 Å². The van der Waals surface area contributed by atoms with Gasteiger partial charge in [0.1, 0.15) is 0 Å². The van der Waals surface area contributed by atoms with Crippen molar-refractivity contribution in [2.45, 2.75) is 38.6 Å². The molecule has 1 aromatic rings. The maximum Gasteiger partial charge on any atom is 0.254 e. The smallest absolute Gasteiger partial charge is 0.254 e. The number of piperazine rings is 1. The van der Waals surface area contributed by atoms with Crippen molar-refractivity contribution in [3.05, 3.63) is 30.1 Å². The van der Waals surface area contributed by atoms with E-state index in [0.29, 0.717) is 0 Å². The third kappa shape index (κ3) is 3.43. The number of nitrogens with zero attached hydrogens (tertiary/aromatic N) is 2. The van der Waals surface area contributed by atoms with Crippen LogP contribution in [0, 0.1) is 5.92 Å². The van der Waals surface area contributed by atoms with Crippen molar-refractivity contribution in [1.82, 2.24) is 9.88 Å². The van der Waals surface area contributed by atoms with Crippen LogP contribution in [0.4, 0.5) is 0 Å². The van der Waals surface area contributed by atoms with Crippen LogP contribution in [0.5, 0.6) is 0 Å². The molecule has 0 aromatic carbocycles. The van der Waals surface area contributed by atoms with Crippen molar-refractivity contribution < 1.29 is 9.69 Å². The molecule has 0 radical (unpaired) electrons. The Morgan fingerprint density at radius 2 is 1.95 bits per heavy atom. The van der Waals surface area contributed by atoms with Gasteiger partial charge in [0.25, 0.3) is 5.91 Å². The molecule has 2 fully saturated rings. The molecule has 114 valence electrons. The molecule has 1 saturated carbocycles. The van der Waals surface area contributed by atoms with Crippen LogP contribution >= 0.6 is 0 Å². The molecule has 4 nitrogen and oxygen atoms in total. The molecule has 1 aliphatic heterocycles. The quantitative estimate of drug-likeness (QED) is 0.881. The van der Waals surface area contributed by atoms with E-state index in [0.717, 1.165) is 43.7 Å². The fourth-order valence-corrected chi connectivity index (χ4v) is 3.89. The first kappa shape index (κ1) is 14.5. The first-order valence-corrected chi connectivity index (χ1v) is 8.28. The fourth-order valence-electron chi connectivity index (χ4n) is 3.89. The third-order valence-corrected chi connectivity index (χ3v) is 5.13. The van der Waals surface area contributed by atoms with Gasteiger partial charge in [-0.3, -0.25) is 9.78 Å². The number of nitrogens with one attached hydrogen (secondary N) is 1. The van der Waals surface area contributed by atoms with Crippen LogP contribution in [0.1, 0.15) is 43.0 Å². The van der Waals surface area contributed by atoms with Gasteiger partial charge in [0, 0.05) is 24.4 Å². The lowest BCUT2D eigenvalue weighted by molar-refractivity contribution is -0.930. The van der Waals surface area contributed by atoms with Crippen molar-refractivity contribution in [3.8, 4) is 0 Å². The van der Waals surface area contributed by atoms with E-state index in [1.165, 1.54) is 25.7 Å². The topological polar surface area (TPSA) is 37.6 Å². The molecule has 1 aromatic heterocycles. The summed E-state index contributed by atoms with van der Waals surface area (Å²) in [6.45, 7) is 6.37. The molecule has 0 bridgehead atoms. The average Bonchev–Trinajstić information content (AvgIpc) is 2.55. The standard InChI is InChI=1S/C17H25N3O/c1-14-3-2-4-16(13-14)19-9-11-20(12-10-19)17(21)15-5-7-18-8-6-15/h5-8,14,16H,2-4,9-13H2,1H3/p+1. The van der Waals surface area contributed by atoms with E-state index in [2.05, 4.69) is 11.9 Å². The van der Waals surface area contributed by atoms with Gasteiger partial charge in [-0.1, -0.05) is 13.3 Å². The highest BCUT2D eigenvalue weighted by Crippen LogP contribution is 2.22. The van der Waals surface area contributed by atoms with Crippen molar-refractivity contribution in [1.29, 1.82) is 0 Å². The highest BCUT2D eigenvalue weighted by atomic mass is 16.2. The molecule has 21 heavy (non-hydrogen) atoms. The highest BCUT2D eigenvalue weighted by Gasteiger charge is 2.32. The maximum atomic E-state index is 12.4. The Hall–Kier alpha value is -1.42. The van der Waals surface area contributed by atoms with Crippen LogP contribution in [0.15, 0.2) is 24.5 Å². The number of amides is 1. The van der Waals surface area contributed by atoms with E-state index in [1.807, 2.05) is 17.0 Å². The van der Waals surface area contributed by atoms with Crippen LogP contribution in [-0.4, -0.2) is 48.0 Å². The lowest BCUT2D eigenvalue weighted by atomic mass is 9.86. The van der Waals surface area contributed by atoms with E-state index in [-0.39, 0.29) is 5.91 Å².